The molecule has 1 amide bonds. The minimum atomic E-state index is -0.134. The maximum Gasteiger partial charge on any atom is 0.263 e. The van der Waals surface area contributed by atoms with E-state index in [2.05, 4.69) is 19.9 Å². The van der Waals surface area contributed by atoms with Crippen molar-refractivity contribution in [3.8, 4) is 0 Å². The molecule has 0 radical (unpaired) electrons. The third-order valence-electron chi connectivity index (χ3n) is 9.71. The Hall–Kier alpha value is -0.870. The highest BCUT2D eigenvalue weighted by atomic mass is 16.3. The summed E-state index contributed by atoms with van der Waals surface area (Å²) in [6, 6.07) is 0. The summed E-state index contributed by atoms with van der Waals surface area (Å²) in [7, 11) is 1.65. The number of hydrazine groups is 1. The molecule has 4 saturated carbocycles. The second-order valence-corrected chi connectivity index (χ2v) is 10.3. The van der Waals surface area contributed by atoms with Gasteiger partial charge in [0.05, 0.1) is 6.10 Å². The van der Waals surface area contributed by atoms with Crippen LogP contribution >= 0.6 is 0 Å². The molecule has 138 valence electrons. The van der Waals surface area contributed by atoms with E-state index in [-0.39, 0.29) is 22.8 Å². The summed E-state index contributed by atoms with van der Waals surface area (Å²) >= 11 is 0. The van der Waals surface area contributed by atoms with E-state index in [1.54, 1.807) is 7.05 Å². The normalized spacial score (nSPS) is 55.6. The van der Waals surface area contributed by atoms with Crippen LogP contribution in [0.15, 0.2) is 11.6 Å². The van der Waals surface area contributed by atoms with Crippen molar-refractivity contribution in [1.82, 2.24) is 5.01 Å². The van der Waals surface area contributed by atoms with Gasteiger partial charge in [-0.15, -0.1) is 0 Å². The molecule has 0 aromatic carbocycles. The number of hydrogen-bond donors (Lipinski definition) is 2. The predicted octanol–water partition coefficient (Wildman–Crippen LogP) is 2.87. The molecule has 5 aliphatic rings. The summed E-state index contributed by atoms with van der Waals surface area (Å²) in [6.45, 7) is 4.77. The maximum atomic E-state index is 12.6. The zero-order chi connectivity index (χ0) is 17.8. The van der Waals surface area contributed by atoms with Gasteiger partial charge in [-0.1, -0.05) is 19.9 Å². The zero-order valence-electron chi connectivity index (χ0n) is 15.8. The Labute approximate surface area is 150 Å². The van der Waals surface area contributed by atoms with E-state index in [1.807, 2.05) is 0 Å². The van der Waals surface area contributed by atoms with Gasteiger partial charge in [0.2, 0.25) is 0 Å². The first kappa shape index (κ1) is 16.3. The Balaban J connectivity index is 1.49. The summed E-state index contributed by atoms with van der Waals surface area (Å²) in [6.07, 6.45) is 10.1. The van der Waals surface area contributed by atoms with Crippen LogP contribution in [0.25, 0.3) is 0 Å². The molecule has 5 rings (SSSR count). The molecule has 0 heterocycles. The minimum Gasteiger partial charge on any atom is -0.393 e. The van der Waals surface area contributed by atoms with Gasteiger partial charge < -0.3 is 5.11 Å². The number of hydrogen-bond acceptors (Lipinski definition) is 3. The maximum absolute atomic E-state index is 12.6. The van der Waals surface area contributed by atoms with Crippen molar-refractivity contribution in [2.45, 2.75) is 64.9 Å². The smallest absolute Gasteiger partial charge is 0.263 e. The van der Waals surface area contributed by atoms with Crippen LogP contribution < -0.4 is 5.84 Å². The molecule has 0 aliphatic heterocycles. The van der Waals surface area contributed by atoms with Crippen LogP contribution in [0, 0.1) is 39.9 Å². The van der Waals surface area contributed by atoms with Gasteiger partial charge in [0.15, 0.2) is 0 Å². The minimum absolute atomic E-state index is 0.0226. The molecule has 0 unspecified atom stereocenters. The van der Waals surface area contributed by atoms with E-state index in [0.717, 1.165) is 36.7 Å². The average molecular weight is 344 g/mol. The Morgan fingerprint density at radius 2 is 2.04 bits per heavy atom. The standard InChI is InChI=1S/C21H32N2O2/c1-19-8-7-15-13(14(19)4-5-16(19)18(25)23(3)22)10-17(24)21-11-12(21)6-9-20(15,21)2/h5,12-15,17,24H,4,6-11,22H2,1-3H3/t12-,13+,14+,15+,17+,19+,20-,21+/m1/s1. The lowest BCUT2D eigenvalue weighted by atomic mass is 9.45. The molecule has 0 bridgehead atoms. The van der Waals surface area contributed by atoms with Crippen molar-refractivity contribution in [2.24, 2.45) is 45.8 Å². The molecule has 4 heteroatoms. The molecular formula is C21H32N2O2. The van der Waals surface area contributed by atoms with Crippen LogP contribution in [-0.2, 0) is 4.79 Å². The number of carbonyl (C=O) groups is 1. The zero-order valence-corrected chi connectivity index (χ0v) is 15.8. The van der Waals surface area contributed by atoms with Gasteiger partial charge in [-0.2, -0.15) is 0 Å². The molecule has 8 atom stereocenters. The number of aliphatic hydroxyl groups excluding tert-OH is 1. The molecule has 1 spiro atoms. The third kappa shape index (κ3) is 1.69. The lowest BCUT2D eigenvalue weighted by Crippen LogP contribution is -2.56. The molecule has 4 fully saturated rings. The highest BCUT2D eigenvalue weighted by Gasteiger charge is 2.77. The van der Waals surface area contributed by atoms with Crippen LogP contribution in [0.1, 0.15) is 58.8 Å². The highest BCUT2D eigenvalue weighted by molar-refractivity contribution is 5.94. The van der Waals surface area contributed by atoms with Gasteiger partial charge in [0.25, 0.3) is 5.91 Å². The second-order valence-electron chi connectivity index (χ2n) is 10.3. The summed E-state index contributed by atoms with van der Waals surface area (Å²) in [5, 5.41) is 12.4. The van der Waals surface area contributed by atoms with Gasteiger partial charge >= 0.3 is 0 Å². The van der Waals surface area contributed by atoms with Crippen molar-refractivity contribution in [3.05, 3.63) is 11.6 Å². The van der Waals surface area contributed by atoms with E-state index < -0.39 is 0 Å². The largest absolute Gasteiger partial charge is 0.393 e. The van der Waals surface area contributed by atoms with Gasteiger partial charge in [-0.3, -0.25) is 9.80 Å². The fourth-order valence-electron chi connectivity index (χ4n) is 8.40. The quantitative estimate of drug-likeness (QED) is 0.437. The van der Waals surface area contributed by atoms with Crippen molar-refractivity contribution in [3.63, 3.8) is 0 Å². The van der Waals surface area contributed by atoms with E-state index in [0.29, 0.717) is 17.3 Å². The number of amides is 1. The number of likely N-dealkylation sites (N-methyl/N-ethyl adjacent to an activating group) is 1. The second kappa shape index (κ2) is 4.69. The van der Waals surface area contributed by atoms with Crippen molar-refractivity contribution >= 4 is 5.91 Å². The van der Waals surface area contributed by atoms with E-state index in [1.165, 1.54) is 30.7 Å². The van der Waals surface area contributed by atoms with Crippen LogP contribution in [-0.4, -0.2) is 29.2 Å². The highest BCUT2D eigenvalue weighted by Crippen LogP contribution is 2.81. The van der Waals surface area contributed by atoms with E-state index >= 15 is 0 Å². The number of carbonyl (C=O) groups excluding carboxylic acids is 1. The van der Waals surface area contributed by atoms with Gasteiger partial charge in [-0.05, 0) is 74.0 Å². The Bertz CT molecular complexity index is 673. The number of nitrogens with two attached hydrogens (primary N) is 1. The average Bonchev–Trinajstić information content (AvgIpc) is 3.09. The monoisotopic (exact) mass is 344 g/mol. The summed E-state index contributed by atoms with van der Waals surface area (Å²) in [5.74, 6) is 8.29. The summed E-state index contributed by atoms with van der Waals surface area (Å²) < 4.78 is 0. The first-order valence-electron chi connectivity index (χ1n) is 10.2. The van der Waals surface area contributed by atoms with Crippen LogP contribution in [0.5, 0.6) is 0 Å². The first-order valence-corrected chi connectivity index (χ1v) is 10.2. The number of nitrogens with zero attached hydrogens (tertiary/aromatic N) is 1. The first-order chi connectivity index (χ1) is 11.8. The fraction of sp³-hybridized carbons (Fsp3) is 0.857. The van der Waals surface area contributed by atoms with Gasteiger partial charge in [0.1, 0.15) is 0 Å². The number of rotatable bonds is 1. The number of allylic oxidation sites excluding steroid dienone is 1. The van der Waals surface area contributed by atoms with Crippen LogP contribution in [0.4, 0.5) is 0 Å². The fourth-order valence-corrected chi connectivity index (χ4v) is 8.40. The lowest BCUT2D eigenvalue weighted by molar-refractivity contribution is -0.146. The molecule has 0 aromatic heterocycles. The lowest BCUT2D eigenvalue weighted by Gasteiger charge is -2.59. The predicted molar refractivity (Wildman–Crippen MR) is 96.0 cm³/mol. The molecule has 25 heavy (non-hydrogen) atoms. The third-order valence-corrected chi connectivity index (χ3v) is 9.71. The number of fused-ring (bicyclic) bond motifs is 4. The van der Waals surface area contributed by atoms with Crippen LogP contribution in [0.3, 0.4) is 0 Å². The van der Waals surface area contributed by atoms with E-state index in [9.17, 15) is 9.90 Å². The topological polar surface area (TPSA) is 66.6 Å². The van der Waals surface area contributed by atoms with Gasteiger partial charge in [-0.25, -0.2) is 5.84 Å². The van der Waals surface area contributed by atoms with Crippen molar-refractivity contribution < 1.29 is 9.90 Å². The Morgan fingerprint density at radius 3 is 2.72 bits per heavy atom. The van der Waals surface area contributed by atoms with E-state index in [4.69, 9.17) is 5.84 Å². The van der Waals surface area contributed by atoms with Crippen LogP contribution in [0.2, 0.25) is 0 Å². The molecule has 0 aromatic rings. The number of aliphatic hydroxyl groups is 1. The van der Waals surface area contributed by atoms with Gasteiger partial charge in [0, 0.05) is 23.5 Å². The molecule has 0 saturated heterocycles. The Morgan fingerprint density at radius 1 is 1.28 bits per heavy atom. The molecule has 5 aliphatic carbocycles. The molecule has 4 nitrogen and oxygen atoms in total. The SMILES string of the molecule is CN(N)C(=O)C1=CC[C@H]2[C@@H]3C[C@H](O)[C@]45C[C@H]4CC[C@]5(C)[C@H]3CC[C@]12C. The van der Waals surface area contributed by atoms with Crippen molar-refractivity contribution in [2.75, 3.05) is 7.05 Å². The Kier molecular flexibility index (Phi) is 3.06. The molecule has 3 N–H and O–H groups in total. The summed E-state index contributed by atoms with van der Waals surface area (Å²) in [4.78, 5) is 12.6. The van der Waals surface area contributed by atoms with Crippen molar-refractivity contribution in [1.29, 1.82) is 0 Å². The summed E-state index contributed by atoms with van der Waals surface area (Å²) in [5.41, 5.74) is 1.42. The molecular weight excluding hydrogens is 312 g/mol.